The molecule has 0 radical (unpaired) electrons. The fourth-order valence-corrected chi connectivity index (χ4v) is 4.29. The summed E-state index contributed by atoms with van der Waals surface area (Å²) in [6.45, 7) is 8.62. The molecule has 0 atom stereocenters. The van der Waals surface area contributed by atoms with Crippen LogP contribution in [0.2, 0.25) is 0 Å². The van der Waals surface area contributed by atoms with Gasteiger partial charge in [-0.3, -0.25) is 9.59 Å². The summed E-state index contributed by atoms with van der Waals surface area (Å²) < 4.78 is 5.39. The van der Waals surface area contributed by atoms with E-state index in [2.05, 4.69) is 36.1 Å². The van der Waals surface area contributed by atoms with E-state index >= 15 is 0 Å². The summed E-state index contributed by atoms with van der Waals surface area (Å²) in [5, 5.41) is 4.06. The zero-order chi connectivity index (χ0) is 24.1. The van der Waals surface area contributed by atoms with Crippen molar-refractivity contribution in [3.63, 3.8) is 0 Å². The molecule has 1 aromatic heterocycles. The van der Waals surface area contributed by atoms with Crippen molar-refractivity contribution in [1.82, 2.24) is 15.0 Å². The Morgan fingerprint density at radius 2 is 1.71 bits per heavy atom. The maximum atomic E-state index is 11.5. The molecule has 0 aliphatic carbocycles. The highest BCUT2D eigenvalue weighted by Gasteiger charge is 2.25. The number of aromatic nitrogens is 2. The first kappa shape index (κ1) is 23.7. The standard InChI is InChI=1S/C15H17N3O2.C12H15NO/c1-11-2-4-12(5-3-11)14-16-15(20-17-14)13-6-8-18(10-19)9-7-13;1-9-5-6-11(8-10(9)2)13-7-3-4-12(13)14/h2-5,10,13H,6-9H2,1H3;5-6,8H,3-4,7H2,1-2H3. The number of benzene rings is 2. The van der Waals surface area contributed by atoms with Gasteiger partial charge in [-0.15, -0.1) is 0 Å². The minimum absolute atomic E-state index is 0.258. The maximum absolute atomic E-state index is 11.5. The van der Waals surface area contributed by atoms with Crippen LogP contribution in [0, 0.1) is 20.8 Å². The predicted molar refractivity (Wildman–Crippen MR) is 132 cm³/mol. The Kier molecular flexibility index (Phi) is 7.40. The monoisotopic (exact) mass is 460 g/mol. The molecule has 2 aromatic carbocycles. The zero-order valence-electron chi connectivity index (χ0n) is 20.2. The second kappa shape index (κ2) is 10.6. The lowest BCUT2D eigenvalue weighted by atomic mass is 9.97. The van der Waals surface area contributed by atoms with Gasteiger partial charge in [0.05, 0.1) is 0 Å². The molecule has 178 valence electrons. The third-order valence-electron chi connectivity index (χ3n) is 6.65. The second-order valence-electron chi connectivity index (χ2n) is 9.16. The molecule has 2 aliphatic rings. The van der Waals surface area contributed by atoms with Crippen molar-refractivity contribution >= 4 is 18.0 Å². The number of amides is 2. The Morgan fingerprint density at radius 1 is 0.971 bits per heavy atom. The summed E-state index contributed by atoms with van der Waals surface area (Å²) in [6.07, 6.45) is 4.36. The van der Waals surface area contributed by atoms with Crippen molar-refractivity contribution in [2.45, 2.75) is 52.4 Å². The third kappa shape index (κ3) is 5.53. The molecular formula is C27H32N4O3. The van der Waals surface area contributed by atoms with Gasteiger partial charge >= 0.3 is 0 Å². The molecular weight excluding hydrogens is 428 g/mol. The fraction of sp³-hybridized carbons (Fsp3) is 0.407. The summed E-state index contributed by atoms with van der Waals surface area (Å²) >= 11 is 0. The van der Waals surface area contributed by atoms with E-state index in [-0.39, 0.29) is 11.8 Å². The van der Waals surface area contributed by atoms with Crippen LogP contribution in [0.15, 0.2) is 47.0 Å². The van der Waals surface area contributed by atoms with E-state index in [9.17, 15) is 9.59 Å². The molecule has 7 nitrogen and oxygen atoms in total. The summed E-state index contributed by atoms with van der Waals surface area (Å²) in [5.74, 6) is 1.84. The van der Waals surface area contributed by atoms with Crippen LogP contribution < -0.4 is 4.90 Å². The molecule has 2 amide bonds. The number of hydrogen-bond acceptors (Lipinski definition) is 5. The average Bonchev–Trinajstić information content (AvgIpc) is 3.51. The molecule has 0 unspecified atom stereocenters. The highest BCUT2D eigenvalue weighted by molar-refractivity contribution is 5.95. The molecule has 0 N–H and O–H groups in total. The van der Waals surface area contributed by atoms with Gasteiger partial charge in [-0.25, -0.2) is 0 Å². The molecule has 0 saturated carbocycles. The lowest BCUT2D eigenvalue weighted by molar-refractivity contribution is -0.119. The van der Waals surface area contributed by atoms with E-state index in [1.807, 2.05) is 42.2 Å². The number of hydrogen-bond donors (Lipinski definition) is 0. The molecule has 3 aromatic rings. The molecule has 3 heterocycles. The number of piperidine rings is 1. The van der Waals surface area contributed by atoms with E-state index in [4.69, 9.17) is 4.52 Å². The smallest absolute Gasteiger partial charge is 0.230 e. The zero-order valence-corrected chi connectivity index (χ0v) is 20.2. The molecule has 0 spiro atoms. The highest BCUT2D eigenvalue weighted by atomic mass is 16.5. The number of anilines is 1. The van der Waals surface area contributed by atoms with Crippen molar-refractivity contribution in [2.24, 2.45) is 0 Å². The first-order chi connectivity index (χ1) is 16.4. The molecule has 2 fully saturated rings. The normalized spacial score (nSPS) is 16.4. The van der Waals surface area contributed by atoms with Crippen LogP contribution in [0.1, 0.15) is 54.2 Å². The molecule has 2 aliphatic heterocycles. The Labute approximate surface area is 200 Å². The Morgan fingerprint density at radius 3 is 2.32 bits per heavy atom. The third-order valence-corrected chi connectivity index (χ3v) is 6.65. The average molecular weight is 461 g/mol. The first-order valence-corrected chi connectivity index (χ1v) is 11.9. The number of carbonyl (C=O) groups is 2. The highest BCUT2D eigenvalue weighted by Crippen LogP contribution is 2.28. The Hall–Kier alpha value is -3.48. The van der Waals surface area contributed by atoms with Crippen LogP contribution in [0.3, 0.4) is 0 Å². The molecule has 5 rings (SSSR count). The topological polar surface area (TPSA) is 79.5 Å². The van der Waals surface area contributed by atoms with Crippen molar-refractivity contribution in [3.8, 4) is 11.4 Å². The van der Waals surface area contributed by atoms with Gasteiger partial charge < -0.3 is 14.3 Å². The lowest BCUT2D eigenvalue weighted by Gasteiger charge is -2.26. The van der Waals surface area contributed by atoms with Crippen molar-refractivity contribution in [2.75, 3.05) is 24.5 Å². The van der Waals surface area contributed by atoms with Crippen LogP contribution in [0.4, 0.5) is 5.69 Å². The van der Waals surface area contributed by atoms with E-state index in [0.717, 1.165) is 56.6 Å². The van der Waals surface area contributed by atoms with Crippen LogP contribution in [-0.2, 0) is 9.59 Å². The van der Waals surface area contributed by atoms with Gasteiger partial charge in [-0.05, 0) is 63.3 Å². The van der Waals surface area contributed by atoms with Gasteiger partial charge in [0.25, 0.3) is 0 Å². The summed E-state index contributed by atoms with van der Waals surface area (Å²) in [6, 6.07) is 14.3. The van der Waals surface area contributed by atoms with Gasteiger partial charge in [0.1, 0.15) is 0 Å². The largest absolute Gasteiger partial charge is 0.345 e. The quantitative estimate of drug-likeness (QED) is 0.522. The number of carbonyl (C=O) groups excluding carboxylic acids is 2. The van der Waals surface area contributed by atoms with E-state index in [1.54, 1.807) is 4.90 Å². The number of likely N-dealkylation sites (tertiary alicyclic amines) is 1. The number of aryl methyl sites for hydroxylation is 3. The second-order valence-corrected chi connectivity index (χ2v) is 9.16. The number of nitrogens with zero attached hydrogens (tertiary/aromatic N) is 4. The lowest BCUT2D eigenvalue weighted by Crippen LogP contribution is -2.31. The van der Waals surface area contributed by atoms with Crippen molar-refractivity contribution < 1.29 is 14.1 Å². The SMILES string of the molecule is Cc1ccc(-c2noc(C3CCN(C=O)CC3)n2)cc1.Cc1ccc(N2CCCC2=O)cc1C. The van der Waals surface area contributed by atoms with Gasteiger partial charge in [0, 0.05) is 43.2 Å². The van der Waals surface area contributed by atoms with Gasteiger partial charge in [-0.1, -0.05) is 41.1 Å². The Bertz CT molecular complexity index is 1130. The molecule has 0 bridgehead atoms. The van der Waals surface area contributed by atoms with Crippen LogP contribution >= 0.6 is 0 Å². The summed E-state index contributed by atoms with van der Waals surface area (Å²) in [4.78, 5) is 30.4. The van der Waals surface area contributed by atoms with Gasteiger partial charge in [-0.2, -0.15) is 4.98 Å². The minimum Gasteiger partial charge on any atom is -0.345 e. The fourth-order valence-electron chi connectivity index (χ4n) is 4.29. The predicted octanol–water partition coefficient (Wildman–Crippen LogP) is 4.81. The molecule has 7 heteroatoms. The van der Waals surface area contributed by atoms with E-state index < -0.39 is 0 Å². The number of rotatable bonds is 4. The minimum atomic E-state index is 0.258. The summed E-state index contributed by atoms with van der Waals surface area (Å²) in [5.41, 5.74) is 5.76. The van der Waals surface area contributed by atoms with Crippen LogP contribution in [0.25, 0.3) is 11.4 Å². The Balaban J connectivity index is 0.000000172. The van der Waals surface area contributed by atoms with Gasteiger partial charge in [0.2, 0.25) is 24.0 Å². The van der Waals surface area contributed by atoms with Gasteiger partial charge in [0.15, 0.2) is 0 Å². The molecule has 2 saturated heterocycles. The molecule has 34 heavy (non-hydrogen) atoms. The maximum Gasteiger partial charge on any atom is 0.230 e. The van der Waals surface area contributed by atoms with Crippen molar-refractivity contribution in [3.05, 3.63) is 65.0 Å². The van der Waals surface area contributed by atoms with E-state index in [1.165, 1.54) is 16.7 Å². The van der Waals surface area contributed by atoms with E-state index in [0.29, 0.717) is 18.1 Å². The first-order valence-electron chi connectivity index (χ1n) is 11.9. The van der Waals surface area contributed by atoms with Crippen LogP contribution in [-0.4, -0.2) is 47.0 Å². The summed E-state index contributed by atoms with van der Waals surface area (Å²) in [7, 11) is 0. The van der Waals surface area contributed by atoms with Crippen LogP contribution in [0.5, 0.6) is 0 Å². The van der Waals surface area contributed by atoms with Crippen molar-refractivity contribution in [1.29, 1.82) is 0 Å².